The summed E-state index contributed by atoms with van der Waals surface area (Å²) in [5.41, 5.74) is 1.03. The molecule has 3 N–H and O–H groups in total. The Labute approximate surface area is 162 Å². The summed E-state index contributed by atoms with van der Waals surface area (Å²) >= 11 is 0. The number of amides is 3. The van der Waals surface area contributed by atoms with Gasteiger partial charge in [-0.05, 0) is 36.5 Å². The first-order valence-corrected chi connectivity index (χ1v) is 9.45. The van der Waals surface area contributed by atoms with Crippen molar-refractivity contribution in [3.8, 4) is 11.5 Å². The average Bonchev–Trinajstić information content (AvgIpc) is 2.65. The molecule has 1 aromatic carbocycles. The van der Waals surface area contributed by atoms with Gasteiger partial charge < -0.3 is 25.4 Å². The standard InChI is InChI=1S/C20H33N3O4/c1-6-7-11-22-20(25)23-18(14(2)3)19(24)21-12-10-15-8-9-16(26-4)17(13-15)27-5/h8-9,13-14,18H,6-7,10-12H2,1-5H3,(H,21,24)(H2,22,23,25). The molecule has 0 saturated carbocycles. The molecule has 0 aromatic heterocycles. The van der Waals surface area contributed by atoms with Crippen molar-refractivity contribution in [2.24, 2.45) is 5.92 Å². The second-order valence-corrected chi connectivity index (χ2v) is 6.71. The fourth-order valence-electron chi connectivity index (χ4n) is 2.58. The maximum Gasteiger partial charge on any atom is 0.315 e. The third-order valence-electron chi connectivity index (χ3n) is 4.21. The van der Waals surface area contributed by atoms with Gasteiger partial charge in [0, 0.05) is 13.1 Å². The molecule has 1 unspecified atom stereocenters. The highest BCUT2D eigenvalue weighted by molar-refractivity contribution is 5.87. The Morgan fingerprint density at radius 1 is 1.04 bits per heavy atom. The molecule has 152 valence electrons. The highest BCUT2D eigenvalue weighted by atomic mass is 16.5. The molecule has 0 heterocycles. The molecule has 3 amide bonds. The number of nitrogens with one attached hydrogen (secondary N) is 3. The normalized spacial score (nSPS) is 11.6. The van der Waals surface area contributed by atoms with E-state index in [0.717, 1.165) is 18.4 Å². The third-order valence-corrected chi connectivity index (χ3v) is 4.21. The van der Waals surface area contributed by atoms with E-state index in [1.165, 1.54) is 0 Å². The van der Waals surface area contributed by atoms with E-state index in [9.17, 15) is 9.59 Å². The van der Waals surface area contributed by atoms with Gasteiger partial charge in [-0.2, -0.15) is 0 Å². The zero-order valence-electron chi connectivity index (χ0n) is 17.1. The molecule has 0 aliphatic rings. The van der Waals surface area contributed by atoms with Gasteiger partial charge in [0.1, 0.15) is 6.04 Å². The van der Waals surface area contributed by atoms with Crippen LogP contribution in [0.2, 0.25) is 0 Å². The largest absolute Gasteiger partial charge is 0.493 e. The summed E-state index contributed by atoms with van der Waals surface area (Å²) in [6, 6.07) is 4.79. The van der Waals surface area contributed by atoms with Gasteiger partial charge in [-0.15, -0.1) is 0 Å². The van der Waals surface area contributed by atoms with Crippen molar-refractivity contribution in [3.63, 3.8) is 0 Å². The lowest BCUT2D eigenvalue weighted by Crippen LogP contribution is -2.52. The van der Waals surface area contributed by atoms with E-state index in [4.69, 9.17) is 9.47 Å². The fraction of sp³-hybridized carbons (Fsp3) is 0.600. The maximum atomic E-state index is 12.5. The topological polar surface area (TPSA) is 88.7 Å². The number of methoxy groups -OCH3 is 2. The van der Waals surface area contributed by atoms with E-state index in [1.54, 1.807) is 14.2 Å². The lowest BCUT2D eigenvalue weighted by molar-refractivity contribution is -0.123. The Kier molecular flexibility index (Phi) is 10.1. The summed E-state index contributed by atoms with van der Waals surface area (Å²) in [5, 5.41) is 8.43. The van der Waals surface area contributed by atoms with Gasteiger partial charge in [-0.25, -0.2) is 4.79 Å². The quantitative estimate of drug-likeness (QED) is 0.516. The van der Waals surface area contributed by atoms with E-state index in [0.29, 0.717) is 31.0 Å². The summed E-state index contributed by atoms with van der Waals surface area (Å²) in [4.78, 5) is 24.4. The van der Waals surface area contributed by atoms with Gasteiger partial charge in [0.15, 0.2) is 11.5 Å². The van der Waals surface area contributed by atoms with Crippen molar-refractivity contribution < 1.29 is 19.1 Å². The second kappa shape index (κ2) is 12.0. The number of rotatable bonds is 11. The van der Waals surface area contributed by atoms with Gasteiger partial charge in [0.25, 0.3) is 0 Å². The van der Waals surface area contributed by atoms with Gasteiger partial charge in [0.2, 0.25) is 5.91 Å². The summed E-state index contributed by atoms with van der Waals surface area (Å²) in [7, 11) is 3.18. The minimum absolute atomic E-state index is 0.0111. The molecule has 0 bridgehead atoms. The second-order valence-electron chi connectivity index (χ2n) is 6.71. The van der Waals surface area contributed by atoms with Crippen molar-refractivity contribution in [2.45, 2.75) is 46.1 Å². The Hall–Kier alpha value is -2.44. The van der Waals surface area contributed by atoms with Crippen molar-refractivity contribution in [1.82, 2.24) is 16.0 Å². The number of benzene rings is 1. The maximum absolute atomic E-state index is 12.5. The van der Waals surface area contributed by atoms with Crippen molar-refractivity contribution in [3.05, 3.63) is 23.8 Å². The minimum Gasteiger partial charge on any atom is -0.493 e. The molecule has 0 saturated heterocycles. The molecule has 0 aliphatic heterocycles. The lowest BCUT2D eigenvalue weighted by atomic mass is 10.0. The molecule has 7 heteroatoms. The fourth-order valence-corrected chi connectivity index (χ4v) is 2.58. The van der Waals surface area contributed by atoms with Crippen molar-refractivity contribution in [2.75, 3.05) is 27.3 Å². The van der Waals surface area contributed by atoms with Crippen molar-refractivity contribution >= 4 is 11.9 Å². The van der Waals surface area contributed by atoms with E-state index >= 15 is 0 Å². The number of ether oxygens (including phenoxy) is 2. The molecule has 0 spiro atoms. The van der Waals surface area contributed by atoms with Crippen LogP contribution in [-0.4, -0.2) is 45.3 Å². The number of unbranched alkanes of at least 4 members (excludes halogenated alkanes) is 1. The monoisotopic (exact) mass is 379 g/mol. The highest BCUT2D eigenvalue weighted by Gasteiger charge is 2.23. The Balaban J connectivity index is 2.53. The smallest absolute Gasteiger partial charge is 0.315 e. The summed E-state index contributed by atoms with van der Waals surface area (Å²) in [6.45, 7) is 6.95. The number of urea groups is 1. The number of hydrogen-bond acceptors (Lipinski definition) is 4. The molecule has 7 nitrogen and oxygen atoms in total. The molecule has 0 fully saturated rings. The van der Waals surface area contributed by atoms with Gasteiger partial charge in [-0.1, -0.05) is 33.3 Å². The van der Waals surface area contributed by atoms with Crippen LogP contribution in [0.5, 0.6) is 11.5 Å². The molecule has 27 heavy (non-hydrogen) atoms. The van der Waals surface area contributed by atoms with E-state index < -0.39 is 6.04 Å². The Bertz CT molecular complexity index is 605. The molecule has 1 rings (SSSR count). The van der Waals surface area contributed by atoms with E-state index in [2.05, 4.69) is 22.9 Å². The molecular weight excluding hydrogens is 346 g/mol. The van der Waals surface area contributed by atoms with Crippen LogP contribution in [0, 0.1) is 5.92 Å². The Morgan fingerprint density at radius 3 is 2.33 bits per heavy atom. The summed E-state index contributed by atoms with van der Waals surface area (Å²) in [5.74, 6) is 1.13. The zero-order valence-corrected chi connectivity index (χ0v) is 17.1. The first-order chi connectivity index (χ1) is 12.9. The average molecular weight is 380 g/mol. The number of carbonyl (C=O) groups excluding carboxylic acids is 2. The number of hydrogen-bond donors (Lipinski definition) is 3. The van der Waals surface area contributed by atoms with Crippen LogP contribution in [0.4, 0.5) is 4.79 Å². The third kappa shape index (κ3) is 7.76. The van der Waals surface area contributed by atoms with Crippen LogP contribution >= 0.6 is 0 Å². The molecule has 1 atom stereocenters. The van der Waals surface area contributed by atoms with Crippen LogP contribution in [0.25, 0.3) is 0 Å². The SMILES string of the molecule is CCCCNC(=O)NC(C(=O)NCCc1ccc(OC)c(OC)c1)C(C)C. The number of carbonyl (C=O) groups is 2. The predicted molar refractivity (Wildman–Crippen MR) is 106 cm³/mol. The molecule has 0 radical (unpaired) electrons. The van der Waals surface area contributed by atoms with Gasteiger partial charge >= 0.3 is 6.03 Å². The first kappa shape index (κ1) is 22.6. The van der Waals surface area contributed by atoms with Crippen LogP contribution in [0.3, 0.4) is 0 Å². The van der Waals surface area contributed by atoms with Crippen LogP contribution < -0.4 is 25.4 Å². The summed E-state index contributed by atoms with van der Waals surface area (Å²) in [6.07, 6.45) is 2.57. The van der Waals surface area contributed by atoms with E-state index in [1.807, 2.05) is 32.0 Å². The first-order valence-electron chi connectivity index (χ1n) is 9.45. The Morgan fingerprint density at radius 2 is 1.74 bits per heavy atom. The predicted octanol–water partition coefficient (Wildman–Crippen LogP) is 2.49. The highest BCUT2D eigenvalue weighted by Crippen LogP contribution is 2.27. The minimum atomic E-state index is -0.572. The molecule has 1 aromatic rings. The van der Waals surface area contributed by atoms with Crippen LogP contribution in [0.15, 0.2) is 18.2 Å². The van der Waals surface area contributed by atoms with Crippen molar-refractivity contribution in [1.29, 1.82) is 0 Å². The van der Waals surface area contributed by atoms with Gasteiger partial charge in [0.05, 0.1) is 14.2 Å². The van der Waals surface area contributed by atoms with Crippen LogP contribution in [0.1, 0.15) is 39.2 Å². The molecular formula is C20H33N3O4. The lowest BCUT2D eigenvalue weighted by Gasteiger charge is -2.22. The molecule has 0 aliphatic carbocycles. The van der Waals surface area contributed by atoms with Gasteiger partial charge in [-0.3, -0.25) is 4.79 Å². The van der Waals surface area contributed by atoms with E-state index in [-0.39, 0.29) is 17.9 Å². The zero-order chi connectivity index (χ0) is 20.2. The summed E-state index contributed by atoms with van der Waals surface area (Å²) < 4.78 is 10.5. The van der Waals surface area contributed by atoms with Crippen LogP contribution in [-0.2, 0) is 11.2 Å².